The monoisotopic (exact) mass is 1340 g/mol. The van der Waals surface area contributed by atoms with Crippen LogP contribution in [0.5, 0.6) is 0 Å². The third kappa shape index (κ3) is 10.7. The lowest BCUT2D eigenvalue weighted by molar-refractivity contribution is 1.01. The normalized spacial score (nSPS) is 11.6. The fourth-order valence-corrected chi connectivity index (χ4v) is 16.0. The predicted octanol–water partition coefficient (Wildman–Crippen LogP) is 26.4. The summed E-state index contributed by atoms with van der Waals surface area (Å²) in [5.41, 5.74) is 30.0. The Labute approximate surface area is 608 Å². The minimum atomic E-state index is 0.781. The Balaban J connectivity index is 0.942. The molecule has 20 rings (SSSR count). The van der Waals surface area contributed by atoms with E-state index in [0.717, 1.165) is 194 Å². The lowest BCUT2D eigenvalue weighted by atomic mass is 9.96. The molecule has 0 aliphatic rings. The van der Waals surface area contributed by atoms with E-state index in [1.54, 1.807) is 0 Å². The molecule has 0 saturated heterocycles. The first-order valence-corrected chi connectivity index (χ1v) is 35.9. The van der Waals surface area contributed by atoms with Crippen LogP contribution in [0.3, 0.4) is 0 Å². The fourth-order valence-electron chi connectivity index (χ4n) is 16.0. The van der Waals surface area contributed by atoms with E-state index in [2.05, 4.69) is 408 Å². The molecule has 5 heteroatoms. The highest BCUT2D eigenvalue weighted by Gasteiger charge is 2.30. The topological polar surface area (TPSA) is 40.6 Å². The van der Waals surface area contributed by atoms with Gasteiger partial charge in [-0.2, -0.15) is 0 Å². The Bertz CT molecular complexity index is 6340. The Morgan fingerprint density at radius 1 is 0.181 bits per heavy atom. The molecule has 0 radical (unpaired) electrons. The second-order valence-corrected chi connectivity index (χ2v) is 27.2. The van der Waals surface area contributed by atoms with Gasteiger partial charge < -0.3 is 9.13 Å². The van der Waals surface area contributed by atoms with E-state index >= 15 is 0 Å². The molecule has 0 amide bonds. The molecule has 490 valence electrons. The molecule has 5 heterocycles. The summed E-state index contributed by atoms with van der Waals surface area (Å²) in [6.07, 6.45) is 2.17. The van der Waals surface area contributed by atoms with E-state index in [1.807, 2.05) is 0 Å². The largest absolute Gasteiger partial charge is 0.307 e. The third-order valence-corrected chi connectivity index (χ3v) is 21.1. The van der Waals surface area contributed by atoms with Crippen LogP contribution in [0.1, 0.15) is 0 Å². The maximum atomic E-state index is 6.12. The summed E-state index contributed by atoms with van der Waals surface area (Å²) in [6.45, 7) is 0. The zero-order valence-electron chi connectivity index (χ0n) is 57.3. The van der Waals surface area contributed by atoms with Crippen molar-refractivity contribution in [1.29, 1.82) is 0 Å². The number of pyridine rings is 2. The second kappa shape index (κ2) is 25.6. The van der Waals surface area contributed by atoms with Crippen LogP contribution in [-0.4, -0.2) is 23.7 Å². The standard InChI is InChI=1S/C100H65N5/c1-9-25-66(26-10-1)76-45-51-91-83(57-76)84-58-77(67-27-11-2-12-28-67)46-52-92(84)103(91)97-65-101-100(105-95-55-49-80(70-33-17-5-18-34-70)61-87(95)88-62-81(50-56-96(88)105)71-35-19-6-20-36-71)99(98(97)75-43-41-72(42-44-75)82-63-89(73-37-21-7-22-38-73)102-90(64-82)74-39-23-8-24-40-74)104-93-53-47-78(68-29-13-3-14-30-68)59-85(93)86-60-79(48-54-94(86)104)69-31-15-4-16-32-69/h1-65H. The van der Waals surface area contributed by atoms with Gasteiger partial charge in [0, 0.05) is 49.0 Å². The molecule has 0 saturated carbocycles. The first kappa shape index (κ1) is 60.9. The first-order chi connectivity index (χ1) is 52.1. The molecule has 0 aliphatic heterocycles. The van der Waals surface area contributed by atoms with Gasteiger partial charge in [-0.3, -0.25) is 4.57 Å². The average Bonchev–Trinajstić information content (AvgIpc) is 1.56. The summed E-state index contributed by atoms with van der Waals surface area (Å²) >= 11 is 0. The number of benzene rings is 15. The van der Waals surface area contributed by atoms with Crippen molar-refractivity contribution >= 4 is 65.4 Å². The van der Waals surface area contributed by atoms with E-state index < -0.39 is 0 Å². The number of nitrogens with zero attached hydrogens (tertiary/aromatic N) is 5. The highest BCUT2D eigenvalue weighted by molar-refractivity contribution is 6.16. The van der Waals surface area contributed by atoms with Gasteiger partial charge >= 0.3 is 0 Å². The summed E-state index contributed by atoms with van der Waals surface area (Å²) in [7, 11) is 0. The molecule has 15 aromatic carbocycles. The van der Waals surface area contributed by atoms with Crippen molar-refractivity contribution in [1.82, 2.24) is 23.7 Å². The van der Waals surface area contributed by atoms with Crippen molar-refractivity contribution in [3.8, 4) is 129 Å². The molecule has 0 aliphatic carbocycles. The summed E-state index contributed by atoms with van der Waals surface area (Å²) < 4.78 is 7.50. The Kier molecular flexibility index (Phi) is 14.8. The number of aromatic nitrogens is 5. The molecule has 0 unspecified atom stereocenters. The van der Waals surface area contributed by atoms with Gasteiger partial charge in [-0.05, 0) is 168 Å². The molecule has 0 bridgehead atoms. The molecule has 0 N–H and O–H groups in total. The van der Waals surface area contributed by atoms with E-state index in [1.165, 1.54) is 0 Å². The van der Waals surface area contributed by atoms with Crippen LogP contribution in [0.2, 0.25) is 0 Å². The number of hydrogen-bond donors (Lipinski definition) is 0. The third-order valence-electron chi connectivity index (χ3n) is 21.1. The molecule has 105 heavy (non-hydrogen) atoms. The molecule has 5 aromatic heterocycles. The van der Waals surface area contributed by atoms with Crippen molar-refractivity contribution in [3.05, 3.63) is 394 Å². The SMILES string of the molecule is c1ccc(-c2ccc3c(c2)c2cc(-c4ccccc4)ccc2n3-c2cnc(-n3c4ccc(-c5ccccc5)cc4c4cc(-c5ccccc5)ccc43)c(-n3c4ccc(-c5ccccc5)cc4c4cc(-c5ccccc5)ccc43)c2-c2ccc(-c3cc(-c4ccccc4)nc(-c4ccccc4)c3)cc2)cc1. The molecule has 5 nitrogen and oxygen atoms in total. The molecule has 20 aromatic rings. The van der Waals surface area contributed by atoms with Gasteiger partial charge in [0.05, 0.1) is 62.1 Å². The lowest BCUT2D eigenvalue weighted by Gasteiger charge is -2.24. The van der Waals surface area contributed by atoms with Gasteiger partial charge in [0.25, 0.3) is 0 Å². The Hall–Kier alpha value is -14.0. The average molecular weight is 1340 g/mol. The first-order valence-electron chi connectivity index (χ1n) is 35.9. The molecule has 0 atom stereocenters. The highest BCUT2D eigenvalue weighted by atomic mass is 15.1. The minimum absolute atomic E-state index is 0.781. The van der Waals surface area contributed by atoms with Crippen molar-refractivity contribution in [2.45, 2.75) is 0 Å². The lowest BCUT2D eigenvalue weighted by Crippen LogP contribution is -2.11. The van der Waals surface area contributed by atoms with Crippen LogP contribution in [-0.2, 0) is 0 Å². The van der Waals surface area contributed by atoms with Crippen LogP contribution in [0, 0.1) is 0 Å². The minimum Gasteiger partial charge on any atom is -0.307 e. The number of rotatable bonds is 13. The Morgan fingerprint density at radius 3 is 0.714 bits per heavy atom. The van der Waals surface area contributed by atoms with Crippen molar-refractivity contribution in [3.63, 3.8) is 0 Å². The summed E-state index contributed by atoms with van der Waals surface area (Å²) in [4.78, 5) is 11.5. The van der Waals surface area contributed by atoms with Gasteiger partial charge in [-0.25, -0.2) is 9.97 Å². The van der Waals surface area contributed by atoms with Crippen LogP contribution >= 0.6 is 0 Å². The molecular formula is C100H65N5. The molecule has 0 fully saturated rings. The van der Waals surface area contributed by atoms with Gasteiger partial charge in [0.15, 0.2) is 5.82 Å². The van der Waals surface area contributed by atoms with Crippen molar-refractivity contribution in [2.75, 3.05) is 0 Å². The zero-order valence-corrected chi connectivity index (χ0v) is 57.3. The van der Waals surface area contributed by atoms with Crippen LogP contribution in [0.15, 0.2) is 394 Å². The van der Waals surface area contributed by atoms with Crippen LogP contribution in [0.4, 0.5) is 0 Å². The maximum Gasteiger partial charge on any atom is 0.162 e. The number of hydrogen-bond acceptors (Lipinski definition) is 2. The summed E-state index contributed by atoms with van der Waals surface area (Å²) in [5.74, 6) is 0.781. The molecule has 0 spiro atoms. The van der Waals surface area contributed by atoms with E-state index in [9.17, 15) is 0 Å². The van der Waals surface area contributed by atoms with Gasteiger partial charge in [-0.15, -0.1) is 0 Å². The smallest absolute Gasteiger partial charge is 0.162 e. The van der Waals surface area contributed by atoms with Gasteiger partial charge in [0.2, 0.25) is 0 Å². The quantitative estimate of drug-likeness (QED) is 0.115. The van der Waals surface area contributed by atoms with Gasteiger partial charge in [0.1, 0.15) is 0 Å². The number of fused-ring (bicyclic) bond motifs is 9. The summed E-state index contributed by atoms with van der Waals surface area (Å²) in [5, 5.41) is 6.79. The van der Waals surface area contributed by atoms with E-state index in [-0.39, 0.29) is 0 Å². The highest BCUT2D eigenvalue weighted by Crippen LogP contribution is 2.49. The zero-order chi connectivity index (χ0) is 69.3. The van der Waals surface area contributed by atoms with E-state index in [4.69, 9.17) is 9.97 Å². The van der Waals surface area contributed by atoms with Crippen LogP contribution in [0.25, 0.3) is 194 Å². The Morgan fingerprint density at radius 2 is 0.419 bits per heavy atom. The summed E-state index contributed by atoms with van der Waals surface area (Å²) in [6, 6.07) is 142. The van der Waals surface area contributed by atoms with Crippen LogP contribution < -0.4 is 0 Å². The fraction of sp³-hybridized carbons (Fsp3) is 0. The van der Waals surface area contributed by atoms with E-state index in [0.29, 0.717) is 0 Å². The second-order valence-electron chi connectivity index (χ2n) is 27.2. The van der Waals surface area contributed by atoms with Crippen molar-refractivity contribution in [2.24, 2.45) is 0 Å². The maximum absolute atomic E-state index is 6.12. The predicted molar refractivity (Wildman–Crippen MR) is 439 cm³/mol. The van der Waals surface area contributed by atoms with Crippen molar-refractivity contribution < 1.29 is 0 Å². The van der Waals surface area contributed by atoms with Gasteiger partial charge in [-0.1, -0.05) is 303 Å². The molecular weight excluding hydrogens is 1270 g/mol.